The van der Waals surface area contributed by atoms with E-state index < -0.39 is 15.9 Å². The van der Waals surface area contributed by atoms with E-state index in [1.807, 2.05) is 6.92 Å². The molecule has 0 aromatic heterocycles. The van der Waals surface area contributed by atoms with Crippen LogP contribution in [0.5, 0.6) is 0 Å². The lowest BCUT2D eigenvalue weighted by Gasteiger charge is -2.48. The number of sulfone groups is 1. The Morgan fingerprint density at radius 2 is 1.59 bits per heavy atom. The van der Waals surface area contributed by atoms with Gasteiger partial charge in [-0.3, -0.25) is 9.69 Å². The van der Waals surface area contributed by atoms with Gasteiger partial charge < -0.3 is 14.9 Å². The monoisotopic (exact) mass is 445 g/mol. The summed E-state index contributed by atoms with van der Waals surface area (Å²) < 4.78 is 23.2. The van der Waals surface area contributed by atoms with Gasteiger partial charge in [0.05, 0.1) is 17.4 Å². The number of hydrogen-bond donors (Lipinski definition) is 1. The Hall–Kier alpha value is -1.84. The Morgan fingerprint density at radius 1 is 1.03 bits per heavy atom. The standard InChI is InChI=1S/C19H27N3O5S.ClH/c1-14-18(20-9-3-4-10-20)22(12-11-21(14)19(24)25)17(23)13-15-5-7-16(8-6-15)28(2,26)27;/h5-8,14,18H,3-4,9-13H2,1-2H3,(H,24,25);1H. The SMILES string of the molecule is CC1C(N2CCCC2)N(C(=O)Cc2ccc(S(C)(=O)=O)cc2)CCN1C(=O)O.Cl. The lowest BCUT2D eigenvalue weighted by atomic mass is 10.1. The van der Waals surface area contributed by atoms with Crippen LogP contribution in [0.4, 0.5) is 4.79 Å². The average molecular weight is 446 g/mol. The number of carboxylic acid groups (broad SMARTS) is 1. The van der Waals surface area contributed by atoms with E-state index in [1.54, 1.807) is 17.0 Å². The summed E-state index contributed by atoms with van der Waals surface area (Å²) in [4.78, 5) is 30.2. The van der Waals surface area contributed by atoms with Crippen LogP contribution in [0.1, 0.15) is 25.3 Å². The molecule has 2 heterocycles. The van der Waals surface area contributed by atoms with Crippen LogP contribution in [0.15, 0.2) is 29.2 Å². The van der Waals surface area contributed by atoms with Gasteiger partial charge in [0.2, 0.25) is 5.91 Å². The molecule has 2 unspecified atom stereocenters. The van der Waals surface area contributed by atoms with Gasteiger partial charge in [-0.25, -0.2) is 13.2 Å². The summed E-state index contributed by atoms with van der Waals surface area (Å²) in [6, 6.07) is 6.05. The van der Waals surface area contributed by atoms with Crippen molar-refractivity contribution in [3.05, 3.63) is 29.8 Å². The molecule has 2 aliphatic rings. The smallest absolute Gasteiger partial charge is 0.407 e. The van der Waals surface area contributed by atoms with Crippen molar-refractivity contribution < 1.29 is 23.1 Å². The van der Waals surface area contributed by atoms with Crippen LogP contribution in [0, 0.1) is 0 Å². The van der Waals surface area contributed by atoms with E-state index in [0.29, 0.717) is 13.1 Å². The number of rotatable bonds is 4. The van der Waals surface area contributed by atoms with E-state index in [-0.39, 0.29) is 41.8 Å². The minimum absolute atomic E-state index is 0. The summed E-state index contributed by atoms with van der Waals surface area (Å²) in [5.74, 6) is -0.0686. The van der Waals surface area contributed by atoms with Crippen LogP contribution in [-0.2, 0) is 21.1 Å². The Kier molecular flexibility index (Phi) is 7.53. The molecule has 1 aromatic carbocycles. The highest BCUT2D eigenvalue weighted by atomic mass is 35.5. The van der Waals surface area contributed by atoms with E-state index in [2.05, 4.69) is 4.90 Å². The summed E-state index contributed by atoms with van der Waals surface area (Å²) in [6.45, 7) is 4.22. The first-order valence-electron chi connectivity index (χ1n) is 9.50. The van der Waals surface area contributed by atoms with E-state index in [0.717, 1.165) is 37.8 Å². The number of halogens is 1. The van der Waals surface area contributed by atoms with Crippen molar-refractivity contribution in [1.82, 2.24) is 14.7 Å². The quantitative estimate of drug-likeness (QED) is 0.757. The molecule has 162 valence electrons. The number of carbonyl (C=O) groups excluding carboxylic acids is 1. The molecular weight excluding hydrogens is 418 g/mol. The van der Waals surface area contributed by atoms with Crippen molar-refractivity contribution in [2.45, 2.75) is 43.3 Å². The molecule has 1 N–H and O–H groups in total. The van der Waals surface area contributed by atoms with Gasteiger partial charge in [0.25, 0.3) is 0 Å². The molecule has 10 heteroatoms. The molecule has 2 fully saturated rings. The van der Waals surface area contributed by atoms with Crippen molar-refractivity contribution in [2.24, 2.45) is 0 Å². The number of piperazine rings is 1. The van der Waals surface area contributed by atoms with Crippen molar-refractivity contribution in [3.63, 3.8) is 0 Å². The molecule has 2 aliphatic heterocycles. The Balaban J connectivity index is 0.00000300. The zero-order valence-corrected chi connectivity index (χ0v) is 18.3. The normalized spacial score (nSPS) is 23.0. The van der Waals surface area contributed by atoms with Gasteiger partial charge >= 0.3 is 6.09 Å². The number of likely N-dealkylation sites (tertiary alicyclic amines) is 1. The van der Waals surface area contributed by atoms with Crippen LogP contribution in [0.2, 0.25) is 0 Å². The highest BCUT2D eigenvalue weighted by Gasteiger charge is 2.42. The van der Waals surface area contributed by atoms with Gasteiger partial charge in [-0.1, -0.05) is 12.1 Å². The maximum atomic E-state index is 13.1. The van der Waals surface area contributed by atoms with Crippen LogP contribution in [0.25, 0.3) is 0 Å². The highest BCUT2D eigenvalue weighted by Crippen LogP contribution is 2.25. The molecule has 0 bridgehead atoms. The molecule has 3 rings (SSSR count). The molecule has 2 atom stereocenters. The van der Waals surface area contributed by atoms with Crippen molar-refractivity contribution in [1.29, 1.82) is 0 Å². The second kappa shape index (κ2) is 9.32. The predicted octanol–water partition coefficient (Wildman–Crippen LogP) is 1.69. The van der Waals surface area contributed by atoms with Gasteiger partial charge in [0.15, 0.2) is 9.84 Å². The fourth-order valence-electron chi connectivity index (χ4n) is 4.15. The molecular formula is C19H28ClN3O5S. The number of amides is 2. The zero-order valence-electron chi connectivity index (χ0n) is 16.7. The van der Waals surface area contributed by atoms with Crippen LogP contribution >= 0.6 is 12.4 Å². The molecule has 8 nitrogen and oxygen atoms in total. The van der Waals surface area contributed by atoms with E-state index in [4.69, 9.17) is 0 Å². The van der Waals surface area contributed by atoms with Gasteiger partial charge in [-0.15, -0.1) is 12.4 Å². The second-order valence-corrected chi connectivity index (χ2v) is 9.57. The number of benzene rings is 1. The molecule has 2 saturated heterocycles. The van der Waals surface area contributed by atoms with Crippen LogP contribution in [-0.4, -0.2) is 84.9 Å². The summed E-state index contributed by atoms with van der Waals surface area (Å²) in [6.07, 6.45) is 2.18. The summed E-state index contributed by atoms with van der Waals surface area (Å²) in [7, 11) is -3.27. The van der Waals surface area contributed by atoms with Gasteiger partial charge in [0.1, 0.15) is 6.17 Å². The second-order valence-electron chi connectivity index (χ2n) is 7.55. The summed E-state index contributed by atoms with van der Waals surface area (Å²) in [5, 5.41) is 9.48. The maximum Gasteiger partial charge on any atom is 0.407 e. The molecule has 2 amide bonds. The first-order valence-corrected chi connectivity index (χ1v) is 11.4. The third-order valence-corrected chi connectivity index (χ3v) is 6.74. The molecule has 0 spiro atoms. The van der Waals surface area contributed by atoms with Crippen LogP contribution < -0.4 is 0 Å². The Bertz CT molecular complexity index is 840. The number of carbonyl (C=O) groups is 2. The van der Waals surface area contributed by atoms with Gasteiger partial charge in [-0.05, 0) is 37.5 Å². The third-order valence-electron chi connectivity index (χ3n) is 5.61. The summed E-state index contributed by atoms with van der Waals surface area (Å²) in [5.41, 5.74) is 0.742. The van der Waals surface area contributed by atoms with E-state index >= 15 is 0 Å². The largest absolute Gasteiger partial charge is 0.465 e. The number of hydrogen-bond acceptors (Lipinski definition) is 5. The van der Waals surface area contributed by atoms with Crippen LogP contribution in [0.3, 0.4) is 0 Å². The molecule has 29 heavy (non-hydrogen) atoms. The topological polar surface area (TPSA) is 98.2 Å². The maximum absolute atomic E-state index is 13.1. The lowest BCUT2D eigenvalue weighted by molar-refractivity contribution is -0.143. The summed E-state index contributed by atoms with van der Waals surface area (Å²) >= 11 is 0. The fourth-order valence-corrected chi connectivity index (χ4v) is 4.78. The lowest BCUT2D eigenvalue weighted by Crippen LogP contribution is -2.66. The average Bonchev–Trinajstić information content (AvgIpc) is 3.14. The third kappa shape index (κ3) is 5.21. The minimum atomic E-state index is -3.27. The van der Waals surface area contributed by atoms with E-state index in [9.17, 15) is 23.1 Å². The van der Waals surface area contributed by atoms with E-state index in [1.165, 1.54) is 17.0 Å². The Morgan fingerprint density at radius 3 is 2.10 bits per heavy atom. The van der Waals surface area contributed by atoms with Crippen molar-refractivity contribution >= 4 is 34.2 Å². The van der Waals surface area contributed by atoms with Gasteiger partial charge in [0, 0.05) is 32.4 Å². The fraction of sp³-hybridized carbons (Fsp3) is 0.579. The minimum Gasteiger partial charge on any atom is -0.465 e. The Labute approximate surface area is 177 Å². The van der Waals surface area contributed by atoms with Crippen molar-refractivity contribution in [2.75, 3.05) is 32.4 Å². The first-order chi connectivity index (χ1) is 13.2. The molecule has 0 radical (unpaired) electrons. The highest BCUT2D eigenvalue weighted by molar-refractivity contribution is 7.90. The zero-order chi connectivity index (χ0) is 20.5. The molecule has 0 aliphatic carbocycles. The first kappa shape index (κ1) is 23.4. The molecule has 0 saturated carbocycles. The predicted molar refractivity (Wildman–Crippen MR) is 111 cm³/mol. The van der Waals surface area contributed by atoms with Gasteiger partial charge in [-0.2, -0.15) is 0 Å². The molecule has 1 aromatic rings. The number of nitrogens with zero attached hydrogens (tertiary/aromatic N) is 3. The van der Waals surface area contributed by atoms with Crippen molar-refractivity contribution in [3.8, 4) is 0 Å².